The molecule has 3 aromatic carbocycles. The van der Waals surface area contributed by atoms with Gasteiger partial charge in [0.2, 0.25) is 0 Å². The van der Waals surface area contributed by atoms with Crippen molar-refractivity contribution in [3.8, 4) is 16.9 Å². The highest BCUT2D eigenvalue weighted by molar-refractivity contribution is 5.88. The molecule has 0 fully saturated rings. The summed E-state index contributed by atoms with van der Waals surface area (Å²) in [5.41, 5.74) is 5.40. The van der Waals surface area contributed by atoms with Crippen LogP contribution in [0.2, 0.25) is 0 Å². The van der Waals surface area contributed by atoms with Crippen molar-refractivity contribution in [3.05, 3.63) is 83.9 Å². The van der Waals surface area contributed by atoms with Crippen LogP contribution in [-0.4, -0.2) is 24.4 Å². The number of phenols is 1. The van der Waals surface area contributed by atoms with Crippen molar-refractivity contribution >= 4 is 11.8 Å². The fourth-order valence-electron chi connectivity index (χ4n) is 3.75. The molecule has 4 rings (SSSR count). The van der Waals surface area contributed by atoms with Gasteiger partial charge < -0.3 is 9.84 Å². The van der Waals surface area contributed by atoms with E-state index in [1.54, 1.807) is 24.3 Å². The van der Waals surface area contributed by atoms with E-state index >= 15 is 0 Å². The third kappa shape index (κ3) is 3.14. The molecule has 1 amide bonds. The fourth-order valence-corrected chi connectivity index (χ4v) is 3.75. The molecular formula is C23H21NO3. The summed E-state index contributed by atoms with van der Waals surface area (Å²) in [6.07, 6.45) is -0.412. The van der Waals surface area contributed by atoms with E-state index in [4.69, 9.17) is 4.74 Å². The lowest BCUT2D eigenvalue weighted by atomic mass is 9.98. The molecule has 0 unspecified atom stereocenters. The van der Waals surface area contributed by atoms with Crippen molar-refractivity contribution in [1.82, 2.24) is 0 Å². The van der Waals surface area contributed by atoms with Gasteiger partial charge in [-0.1, -0.05) is 54.6 Å². The van der Waals surface area contributed by atoms with Crippen LogP contribution < -0.4 is 4.90 Å². The van der Waals surface area contributed by atoms with Crippen molar-refractivity contribution in [1.29, 1.82) is 0 Å². The van der Waals surface area contributed by atoms with E-state index in [-0.39, 0.29) is 18.3 Å². The second kappa shape index (κ2) is 7.16. The van der Waals surface area contributed by atoms with Gasteiger partial charge in [0, 0.05) is 18.5 Å². The molecule has 3 aromatic rings. The Morgan fingerprint density at radius 1 is 0.963 bits per heavy atom. The SMILES string of the molecule is CCN(C(=O)OCC1c2ccccc2-c2ccccc21)c1cccc(O)c1. The van der Waals surface area contributed by atoms with Crippen LogP contribution in [0.3, 0.4) is 0 Å². The number of carbonyl (C=O) groups excluding carboxylic acids is 1. The van der Waals surface area contributed by atoms with Crippen LogP contribution in [0.5, 0.6) is 5.75 Å². The van der Waals surface area contributed by atoms with Crippen molar-refractivity contribution in [3.63, 3.8) is 0 Å². The molecule has 0 atom stereocenters. The summed E-state index contributed by atoms with van der Waals surface area (Å²) in [6.45, 7) is 2.62. The van der Waals surface area contributed by atoms with E-state index in [1.807, 2.05) is 31.2 Å². The van der Waals surface area contributed by atoms with Gasteiger partial charge in [0.05, 0.1) is 5.69 Å². The maximum atomic E-state index is 12.7. The monoisotopic (exact) mass is 359 g/mol. The molecular weight excluding hydrogens is 338 g/mol. The first-order valence-corrected chi connectivity index (χ1v) is 9.10. The van der Waals surface area contributed by atoms with Gasteiger partial charge in [-0.05, 0) is 41.3 Å². The molecule has 136 valence electrons. The standard InChI is InChI=1S/C23H21NO3/c1-2-24(16-8-7-9-17(25)14-16)23(26)27-15-22-20-12-5-3-10-18(20)19-11-4-6-13-21(19)22/h3-14,22,25H,2,15H2,1H3. The third-order valence-electron chi connectivity index (χ3n) is 5.01. The molecule has 4 nitrogen and oxygen atoms in total. The highest BCUT2D eigenvalue weighted by atomic mass is 16.6. The molecule has 0 spiro atoms. The summed E-state index contributed by atoms with van der Waals surface area (Å²) in [5.74, 6) is 0.154. The van der Waals surface area contributed by atoms with E-state index < -0.39 is 6.09 Å². The lowest BCUT2D eigenvalue weighted by Gasteiger charge is -2.22. The van der Waals surface area contributed by atoms with E-state index in [2.05, 4.69) is 24.3 Å². The Morgan fingerprint density at radius 2 is 1.59 bits per heavy atom. The number of benzene rings is 3. The topological polar surface area (TPSA) is 49.8 Å². The first-order valence-electron chi connectivity index (χ1n) is 9.10. The second-order valence-electron chi connectivity index (χ2n) is 6.57. The Labute approximate surface area is 158 Å². The molecule has 0 saturated carbocycles. The van der Waals surface area contributed by atoms with Crippen LogP contribution in [0.4, 0.5) is 10.5 Å². The summed E-state index contributed by atoms with van der Waals surface area (Å²) in [5, 5.41) is 9.68. The number of rotatable bonds is 4. The number of fused-ring (bicyclic) bond motifs is 3. The van der Waals surface area contributed by atoms with Gasteiger partial charge in [0.25, 0.3) is 0 Å². The first-order chi connectivity index (χ1) is 13.2. The first kappa shape index (κ1) is 17.2. The number of anilines is 1. The molecule has 0 saturated heterocycles. The molecule has 0 aliphatic heterocycles. The Balaban J connectivity index is 1.55. The minimum Gasteiger partial charge on any atom is -0.508 e. The maximum absolute atomic E-state index is 12.7. The van der Waals surface area contributed by atoms with Gasteiger partial charge in [-0.15, -0.1) is 0 Å². The van der Waals surface area contributed by atoms with Crippen molar-refractivity contribution < 1.29 is 14.6 Å². The van der Waals surface area contributed by atoms with Gasteiger partial charge in [-0.3, -0.25) is 4.90 Å². The number of amides is 1. The largest absolute Gasteiger partial charge is 0.508 e. The normalized spacial score (nSPS) is 12.3. The predicted octanol–water partition coefficient (Wildman–Crippen LogP) is 5.17. The Hall–Kier alpha value is -3.27. The molecule has 0 heterocycles. The van der Waals surface area contributed by atoms with E-state index in [1.165, 1.54) is 27.2 Å². The van der Waals surface area contributed by atoms with Gasteiger partial charge in [-0.2, -0.15) is 0 Å². The minimum atomic E-state index is -0.412. The average Bonchev–Trinajstić information content (AvgIpc) is 3.01. The highest BCUT2D eigenvalue weighted by Gasteiger charge is 2.29. The van der Waals surface area contributed by atoms with Crippen LogP contribution in [-0.2, 0) is 4.74 Å². The van der Waals surface area contributed by atoms with E-state index in [0.29, 0.717) is 12.2 Å². The van der Waals surface area contributed by atoms with Crippen molar-refractivity contribution in [2.24, 2.45) is 0 Å². The molecule has 4 heteroatoms. The number of aromatic hydroxyl groups is 1. The van der Waals surface area contributed by atoms with Gasteiger partial charge >= 0.3 is 6.09 Å². The molecule has 0 radical (unpaired) electrons. The third-order valence-corrected chi connectivity index (χ3v) is 5.01. The Bertz CT molecular complexity index is 937. The maximum Gasteiger partial charge on any atom is 0.414 e. The molecule has 0 bridgehead atoms. The van der Waals surface area contributed by atoms with Crippen LogP contribution in [0, 0.1) is 0 Å². The van der Waals surface area contributed by atoms with Gasteiger partial charge in [0.1, 0.15) is 12.4 Å². The zero-order valence-corrected chi connectivity index (χ0v) is 15.1. The van der Waals surface area contributed by atoms with Gasteiger partial charge in [-0.25, -0.2) is 4.79 Å². The Morgan fingerprint density at radius 3 is 2.19 bits per heavy atom. The summed E-state index contributed by atoms with van der Waals surface area (Å²) in [7, 11) is 0. The summed E-state index contributed by atoms with van der Waals surface area (Å²) >= 11 is 0. The lowest BCUT2D eigenvalue weighted by molar-refractivity contribution is 0.150. The number of ether oxygens (including phenoxy) is 1. The summed E-state index contributed by atoms with van der Waals surface area (Å²) in [6, 6.07) is 23.2. The van der Waals surface area contributed by atoms with Crippen LogP contribution in [0.15, 0.2) is 72.8 Å². The van der Waals surface area contributed by atoms with Crippen molar-refractivity contribution in [2.45, 2.75) is 12.8 Å². The van der Waals surface area contributed by atoms with Gasteiger partial charge in [0.15, 0.2) is 0 Å². The zero-order chi connectivity index (χ0) is 18.8. The molecule has 1 aliphatic rings. The van der Waals surface area contributed by atoms with Crippen LogP contribution in [0.1, 0.15) is 24.0 Å². The summed E-state index contributed by atoms with van der Waals surface area (Å²) in [4.78, 5) is 14.2. The molecule has 1 aliphatic carbocycles. The zero-order valence-electron chi connectivity index (χ0n) is 15.1. The smallest absolute Gasteiger partial charge is 0.414 e. The van der Waals surface area contributed by atoms with Crippen molar-refractivity contribution in [2.75, 3.05) is 18.1 Å². The summed E-state index contributed by atoms with van der Waals surface area (Å²) < 4.78 is 5.69. The Kier molecular flexibility index (Phi) is 4.55. The number of nitrogens with zero attached hydrogens (tertiary/aromatic N) is 1. The van der Waals surface area contributed by atoms with Crippen LogP contribution >= 0.6 is 0 Å². The minimum absolute atomic E-state index is 0.0317. The fraction of sp³-hybridized carbons (Fsp3) is 0.174. The number of hydrogen-bond acceptors (Lipinski definition) is 3. The second-order valence-corrected chi connectivity index (χ2v) is 6.57. The average molecular weight is 359 g/mol. The number of phenolic OH excluding ortho intramolecular Hbond substituents is 1. The highest BCUT2D eigenvalue weighted by Crippen LogP contribution is 2.44. The van der Waals surface area contributed by atoms with E-state index in [9.17, 15) is 9.90 Å². The number of carbonyl (C=O) groups is 1. The molecule has 1 N–H and O–H groups in total. The van der Waals surface area contributed by atoms with Crippen LogP contribution in [0.25, 0.3) is 11.1 Å². The lowest BCUT2D eigenvalue weighted by Crippen LogP contribution is -2.32. The quantitative estimate of drug-likeness (QED) is 0.699. The predicted molar refractivity (Wildman–Crippen MR) is 106 cm³/mol. The molecule has 0 aromatic heterocycles. The number of hydrogen-bond donors (Lipinski definition) is 1. The molecule has 27 heavy (non-hydrogen) atoms. The van der Waals surface area contributed by atoms with E-state index in [0.717, 1.165) is 0 Å².